The lowest BCUT2D eigenvalue weighted by molar-refractivity contribution is 0.329. The van der Waals surface area contributed by atoms with Crippen LogP contribution in [0.5, 0.6) is 0 Å². The van der Waals surface area contributed by atoms with E-state index in [0.29, 0.717) is 5.92 Å². The van der Waals surface area contributed by atoms with E-state index >= 15 is 0 Å². The quantitative estimate of drug-likeness (QED) is 0.827. The minimum atomic E-state index is 0.177. The van der Waals surface area contributed by atoms with Gasteiger partial charge in [-0.2, -0.15) is 0 Å². The molecule has 0 heterocycles. The Morgan fingerprint density at radius 1 is 1.31 bits per heavy atom. The molecule has 0 aliphatic heterocycles. The van der Waals surface area contributed by atoms with Gasteiger partial charge >= 0.3 is 0 Å². The van der Waals surface area contributed by atoms with E-state index in [0.717, 1.165) is 12.0 Å². The molecule has 2 rings (SSSR count). The molecule has 0 amide bonds. The molecule has 0 aromatic rings. The first-order valence-corrected chi connectivity index (χ1v) is 6.96. The predicted molar refractivity (Wildman–Crippen MR) is 71.5 cm³/mol. The van der Waals surface area contributed by atoms with Gasteiger partial charge < -0.3 is 5.11 Å². The van der Waals surface area contributed by atoms with Crippen molar-refractivity contribution in [3.05, 3.63) is 33.9 Å². The zero-order valence-corrected chi connectivity index (χ0v) is 11.2. The Morgan fingerprint density at radius 2 is 2.06 bits per heavy atom. The van der Waals surface area contributed by atoms with Gasteiger partial charge in [0.25, 0.3) is 0 Å². The summed E-state index contributed by atoms with van der Waals surface area (Å²) in [6.07, 6.45) is 14.1. The normalized spacial score (nSPS) is 23.2. The molecule has 0 spiro atoms. The van der Waals surface area contributed by atoms with Gasteiger partial charge in [-0.3, -0.25) is 0 Å². The van der Waals surface area contributed by atoms with Crippen LogP contribution in [0.4, 0.5) is 0 Å². The summed E-state index contributed by atoms with van der Waals surface area (Å²) < 4.78 is 1.21. The second-order valence-corrected chi connectivity index (χ2v) is 5.75. The van der Waals surface area contributed by atoms with Crippen LogP contribution in [0.3, 0.4) is 0 Å². The highest BCUT2D eigenvalue weighted by Crippen LogP contribution is 2.32. The molecule has 1 fully saturated rings. The summed E-state index contributed by atoms with van der Waals surface area (Å²) in [5, 5.41) is 9.46. The Balaban J connectivity index is 2.01. The van der Waals surface area contributed by atoms with Gasteiger partial charge in [-0.25, -0.2) is 0 Å². The summed E-state index contributed by atoms with van der Waals surface area (Å²) in [7, 11) is 0. The Morgan fingerprint density at radius 3 is 2.62 bits per heavy atom. The number of hydrogen-bond acceptors (Lipinski definition) is 1. The van der Waals surface area contributed by atoms with Gasteiger partial charge in [-0.15, -0.1) is 0 Å². The molecule has 1 saturated carbocycles. The van der Waals surface area contributed by atoms with E-state index in [-0.39, 0.29) is 6.61 Å². The summed E-state index contributed by atoms with van der Waals surface area (Å²) in [4.78, 5) is 0. The van der Waals surface area contributed by atoms with Crippen molar-refractivity contribution in [2.75, 3.05) is 6.61 Å². The topological polar surface area (TPSA) is 20.2 Å². The molecular weight excluding hydrogens is 264 g/mol. The minimum Gasteiger partial charge on any atom is -0.392 e. The highest BCUT2D eigenvalue weighted by Gasteiger charge is 2.15. The SMILES string of the molecule is OCC(=CC1CCCCC1)C1=CC=C(Br)C1. The third-order valence-electron chi connectivity index (χ3n) is 3.49. The molecule has 1 N–H and O–H groups in total. The van der Waals surface area contributed by atoms with Gasteiger partial charge in [0.05, 0.1) is 6.61 Å². The largest absolute Gasteiger partial charge is 0.392 e. The Bertz CT molecular complexity index is 333. The fourth-order valence-electron chi connectivity index (χ4n) is 2.56. The standard InChI is InChI=1S/C14H19BrO/c15-14-7-6-12(9-14)13(10-16)8-11-4-2-1-3-5-11/h6-8,11,16H,1-5,9-10H2. The average Bonchev–Trinajstić information content (AvgIpc) is 2.74. The van der Waals surface area contributed by atoms with Crippen molar-refractivity contribution in [2.24, 2.45) is 5.92 Å². The molecule has 0 aromatic carbocycles. The van der Waals surface area contributed by atoms with Crippen LogP contribution in [0.2, 0.25) is 0 Å². The zero-order valence-electron chi connectivity index (χ0n) is 9.58. The summed E-state index contributed by atoms with van der Waals surface area (Å²) in [5.41, 5.74) is 2.41. The first-order chi connectivity index (χ1) is 7.79. The maximum absolute atomic E-state index is 9.46. The highest BCUT2D eigenvalue weighted by molar-refractivity contribution is 9.11. The van der Waals surface area contributed by atoms with Gasteiger partial charge in [0.1, 0.15) is 0 Å². The summed E-state index contributed by atoms with van der Waals surface area (Å²) in [6, 6.07) is 0. The van der Waals surface area contributed by atoms with E-state index in [1.165, 1.54) is 42.2 Å². The van der Waals surface area contributed by atoms with Crippen LogP contribution in [0.25, 0.3) is 0 Å². The third kappa shape index (κ3) is 3.08. The fraction of sp³-hybridized carbons (Fsp3) is 0.571. The van der Waals surface area contributed by atoms with Crippen LogP contribution in [-0.2, 0) is 0 Å². The molecule has 0 radical (unpaired) electrons. The van der Waals surface area contributed by atoms with Crippen LogP contribution in [0, 0.1) is 5.92 Å². The van der Waals surface area contributed by atoms with E-state index in [2.05, 4.69) is 34.2 Å². The molecule has 16 heavy (non-hydrogen) atoms. The van der Waals surface area contributed by atoms with Crippen molar-refractivity contribution in [3.63, 3.8) is 0 Å². The lowest BCUT2D eigenvalue weighted by Crippen LogP contribution is -2.06. The summed E-state index contributed by atoms with van der Waals surface area (Å²) in [5.74, 6) is 0.691. The van der Waals surface area contributed by atoms with Crippen LogP contribution < -0.4 is 0 Å². The first-order valence-electron chi connectivity index (χ1n) is 6.17. The number of allylic oxidation sites excluding steroid dienone is 4. The number of halogens is 1. The van der Waals surface area contributed by atoms with E-state index < -0.39 is 0 Å². The van der Waals surface area contributed by atoms with Gasteiger partial charge in [0.15, 0.2) is 0 Å². The van der Waals surface area contributed by atoms with E-state index in [1.807, 2.05) is 0 Å². The lowest BCUT2D eigenvalue weighted by Gasteiger charge is -2.19. The minimum absolute atomic E-state index is 0.177. The Hall–Kier alpha value is -0.340. The van der Waals surface area contributed by atoms with Gasteiger partial charge in [-0.05, 0) is 34.4 Å². The smallest absolute Gasteiger partial charge is 0.0681 e. The second-order valence-electron chi connectivity index (χ2n) is 4.73. The summed E-state index contributed by atoms with van der Waals surface area (Å²) >= 11 is 3.50. The van der Waals surface area contributed by atoms with Crippen molar-refractivity contribution in [1.82, 2.24) is 0 Å². The number of aliphatic hydroxyl groups excluding tert-OH is 1. The number of hydrogen-bond donors (Lipinski definition) is 1. The number of rotatable bonds is 3. The molecule has 0 aromatic heterocycles. The van der Waals surface area contributed by atoms with Crippen molar-refractivity contribution < 1.29 is 5.11 Å². The molecule has 2 heteroatoms. The molecule has 88 valence electrons. The van der Waals surface area contributed by atoms with Gasteiger partial charge in [0.2, 0.25) is 0 Å². The van der Waals surface area contributed by atoms with Crippen molar-refractivity contribution >= 4 is 15.9 Å². The van der Waals surface area contributed by atoms with Gasteiger partial charge in [0, 0.05) is 6.42 Å². The molecule has 0 bridgehead atoms. The third-order valence-corrected chi connectivity index (χ3v) is 4.04. The van der Waals surface area contributed by atoms with E-state index in [9.17, 15) is 5.11 Å². The van der Waals surface area contributed by atoms with Crippen LogP contribution in [-0.4, -0.2) is 11.7 Å². The molecule has 0 atom stereocenters. The Kier molecular flexibility index (Phi) is 4.42. The van der Waals surface area contributed by atoms with Crippen LogP contribution >= 0.6 is 15.9 Å². The van der Waals surface area contributed by atoms with Gasteiger partial charge in [-0.1, -0.05) is 53.4 Å². The van der Waals surface area contributed by atoms with E-state index in [1.54, 1.807) is 0 Å². The Labute approximate surface area is 106 Å². The van der Waals surface area contributed by atoms with Crippen molar-refractivity contribution in [1.29, 1.82) is 0 Å². The fourth-order valence-corrected chi connectivity index (χ4v) is 2.99. The molecule has 1 nitrogen and oxygen atoms in total. The van der Waals surface area contributed by atoms with Crippen LogP contribution in [0.1, 0.15) is 38.5 Å². The molecular formula is C14H19BrO. The molecule has 0 unspecified atom stereocenters. The lowest BCUT2D eigenvalue weighted by atomic mass is 9.87. The van der Waals surface area contributed by atoms with Crippen LogP contribution in [0.15, 0.2) is 33.9 Å². The van der Waals surface area contributed by atoms with Crippen molar-refractivity contribution in [3.8, 4) is 0 Å². The maximum Gasteiger partial charge on any atom is 0.0681 e. The second kappa shape index (κ2) is 5.83. The molecule has 0 saturated heterocycles. The maximum atomic E-state index is 9.46. The summed E-state index contributed by atoms with van der Waals surface area (Å²) in [6.45, 7) is 0.177. The van der Waals surface area contributed by atoms with Crippen molar-refractivity contribution in [2.45, 2.75) is 38.5 Å². The zero-order chi connectivity index (χ0) is 11.4. The monoisotopic (exact) mass is 282 g/mol. The average molecular weight is 283 g/mol. The predicted octanol–water partition coefficient (Wildman–Crippen LogP) is 4.09. The van der Waals surface area contributed by atoms with E-state index in [4.69, 9.17) is 0 Å². The highest BCUT2D eigenvalue weighted by atomic mass is 79.9. The first kappa shape index (κ1) is 12.1. The number of aliphatic hydroxyl groups is 1. The molecule has 2 aliphatic rings. The molecule has 2 aliphatic carbocycles.